The number of aromatic nitrogens is 2. The summed E-state index contributed by atoms with van der Waals surface area (Å²) in [6.45, 7) is 6.20. The molecular weight excluding hydrogens is 320 g/mol. The second kappa shape index (κ2) is 6.97. The van der Waals surface area contributed by atoms with Crippen LogP contribution < -0.4 is 10.2 Å². The smallest absolute Gasteiger partial charge is 0.158 e. The Labute approximate surface area is 145 Å². The lowest BCUT2D eigenvalue weighted by Crippen LogP contribution is -2.03. The highest BCUT2D eigenvalue weighted by molar-refractivity contribution is 7.18. The number of nitrogens with one attached hydrogen (secondary N) is 1. The van der Waals surface area contributed by atoms with Crippen molar-refractivity contribution in [3.63, 3.8) is 0 Å². The summed E-state index contributed by atoms with van der Waals surface area (Å²) < 4.78 is 5.18. The van der Waals surface area contributed by atoms with Crippen molar-refractivity contribution in [2.75, 3.05) is 12.5 Å². The molecule has 0 saturated heterocycles. The Morgan fingerprint density at radius 3 is 2.67 bits per heavy atom. The second-order valence-electron chi connectivity index (χ2n) is 5.67. The molecule has 1 aromatic carbocycles. The van der Waals surface area contributed by atoms with E-state index in [2.05, 4.69) is 34.3 Å². The first-order valence-electron chi connectivity index (χ1n) is 7.71. The van der Waals surface area contributed by atoms with Gasteiger partial charge in [-0.15, -0.1) is 11.3 Å². The molecular formula is C18H20N4OS. The number of fused-ring (bicyclic) bond motifs is 1. The zero-order valence-electron chi connectivity index (χ0n) is 14.3. The van der Waals surface area contributed by atoms with Crippen LogP contribution in [-0.2, 0) is 6.42 Å². The van der Waals surface area contributed by atoms with Crippen molar-refractivity contribution in [3.8, 4) is 5.75 Å². The third-order valence-corrected chi connectivity index (χ3v) is 5.05. The molecule has 3 aromatic rings. The number of aryl methyl sites for hydroxylation is 2. The first-order chi connectivity index (χ1) is 11.6. The Morgan fingerprint density at radius 1 is 1.21 bits per heavy atom. The molecule has 24 heavy (non-hydrogen) atoms. The average Bonchev–Trinajstić information content (AvgIpc) is 2.89. The molecule has 6 heteroatoms. The molecule has 0 aliphatic rings. The van der Waals surface area contributed by atoms with Gasteiger partial charge >= 0.3 is 0 Å². The van der Waals surface area contributed by atoms with E-state index in [1.807, 2.05) is 31.2 Å². The van der Waals surface area contributed by atoms with E-state index in [1.54, 1.807) is 24.8 Å². The number of hydrazone groups is 1. The molecule has 2 aromatic heterocycles. The first-order valence-corrected chi connectivity index (χ1v) is 8.53. The fraction of sp³-hybridized carbons (Fsp3) is 0.278. The highest BCUT2D eigenvalue weighted by Crippen LogP contribution is 2.32. The van der Waals surface area contributed by atoms with Crippen LogP contribution in [0.4, 0.5) is 5.82 Å². The van der Waals surface area contributed by atoms with E-state index >= 15 is 0 Å². The maximum Gasteiger partial charge on any atom is 0.158 e. The van der Waals surface area contributed by atoms with Crippen LogP contribution in [0.1, 0.15) is 22.9 Å². The summed E-state index contributed by atoms with van der Waals surface area (Å²) in [5, 5.41) is 5.54. The van der Waals surface area contributed by atoms with Crippen molar-refractivity contribution in [1.29, 1.82) is 0 Å². The molecule has 3 rings (SSSR count). The van der Waals surface area contributed by atoms with E-state index < -0.39 is 0 Å². The van der Waals surface area contributed by atoms with E-state index in [0.29, 0.717) is 0 Å². The minimum absolute atomic E-state index is 0.760. The highest BCUT2D eigenvalue weighted by Gasteiger charge is 2.11. The van der Waals surface area contributed by atoms with Gasteiger partial charge in [0.05, 0.1) is 12.5 Å². The van der Waals surface area contributed by atoms with Crippen molar-refractivity contribution in [2.24, 2.45) is 5.10 Å². The van der Waals surface area contributed by atoms with Crippen LogP contribution in [0.25, 0.3) is 10.2 Å². The zero-order chi connectivity index (χ0) is 17.1. The van der Waals surface area contributed by atoms with E-state index in [1.165, 1.54) is 16.0 Å². The quantitative estimate of drug-likeness (QED) is 0.554. The van der Waals surface area contributed by atoms with E-state index in [-0.39, 0.29) is 0 Å². The van der Waals surface area contributed by atoms with Crippen molar-refractivity contribution in [3.05, 3.63) is 46.6 Å². The van der Waals surface area contributed by atoms with Crippen LogP contribution in [0.15, 0.2) is 35.7 Å². The van der Waals surface area contributed by atoms with Crippen molar-refractivity contribution in [2.45, 2.75) is 27.2 Å². The SMILES string of the molecule is COc1ccc(C/C(C)=N\Nc2ncnc3sc(C)c(C)c23)cc1. The van der Waals surface area contributed by atoms with Gasteiger partial charge in [-0.3, -0.25) is 5.43 Å². The topological polar surface area (TPSA) is 59.4 Å². The van der Waals surface area contributed by atoms with Gasteiger partial charge in [0, 0.05) is 17.0 Å². The highest BCUT2D eigenvalue weighted by atomic mass is 32.1. The lowest BCUT2D eigenvalue weighted by Gasteiger charge is -2.06. The molecule has 0 atom stereocenters. The van der Waals surface area contributed by atoms with Gasteiger partial charge in [-0.2, -0.15) is 5.10 Å². The van der Waals surface area contributed by atoms with E-state index in [4.69, 9.17) is 4.74 Å². The lowest BCUT2D eigenvalue weighted by molar-refractivity contribution is 0.414. The summed E-state index contributed by atoms with van der Waals surface area (Å²) in [5.74, 6) is 1.62. The lowest BCUT2D eigenvalue weighted by atomic mass is 10.1. The number of benzene rings is 1. The number of nitrogens with zero attached hydrogens (tertiary/aromatic N) is 3. The molecule has 2 heterocycles. The summed E-state index contributed by atoms with van der Waals surface area (Å²) in [5.41, 5.74) is 6.48. The largest absolute Gasteiger partial charge is 0.497 e. The zero-order valence-corrected chi connectivity index (χ0v) is 15.1. The number of hydrogen-bond donors (Lipinski definition) is 1. The number of anilines is 1. The van der Waals surface area contributed by atoms with Gasteiger partial charge in [0.2, 0.25) is 0 Å². The monoisotopic (exact) mass is 340 g/mol. The Morgan fingerprint density at radius 2 is 1.96 bits per heavy atom. The molecule has 0 aliphatic heterocycles. The summed E-state index contributed by atoms with van der Waals surface area (Å²) in [6, 6.07) is 8.02. The van der Waals surface area contributed by atoms with Gasteiger partial charge in [-0.25, -0.2) is 9.97 Å². The molecule has 1 N–H and O–H groups in total. The maximum atomic E-state index is 5.18. The van der Waals surface area contributed by atoms with Gasteiger partial charge in [-0.1, -0.05) is 12.1 Å². The van der Waals surface area contributed by atoms with Gasteiger partial charge in [-0.05, 0) is 44.0 Å². The average molecular weight is 340 g/mol. The molecule has 0 bridgehead atoms. The Kier molecular flexibility index (Phi) is 4.76. The van der Waals surface area contributed by atoms with Crippen LogP contribution in [-0.4, -0.2) is 22.8 Å². The van der Waals surface area contributed by atoms with Crippen LogP contribution >= 0.6 is 11.3 Å². The van der Waals surface area contributed by atoms with Crippen LogP contribution in [0.3, 0.4) is 0 Å². The maximum absolute atomic E-state index is 5.18. The van der Waals surface area contributed by atoms with Gasteiger partial charge < -0.3 is 4.74 Å². The van der Waals surface area contributed by atoms with Gasteiger partial charge in [0.15, 0.2) is 5.82 Å². The number of hydrogen-bond acceptors (Lipinski definition) is 6. The molecule has 0 spiro atoms. The molecule has 0 aliphatic carbocycles. The Bertz CT molecular complexity index is 884. The normalized spacial score (nSPS) is 11.8. The molecule has 0 amide bonds. The first kappa shape index (κ1) is 16.4. The van der Waals surface area contributed by atoms with E-state index in [0.717, 1.165) is 33.9 Å². The number of methoxy groups -OCH3 is 1. The predicted molar refractivity (Wildman–Crippen MR) is 100 cm³/mol. The van der Waals surface area contributed by atoms with Crippen LogP contribution in [0.2, 0.25) is 0 Å². The third-order valence-electron chi connectivity index (χ3n) is 3.94. The fourth-order valence-corrected chi connectivity index (χ4v) is 3.49. The standard InChI is InChI=1S/C18H20N4OS/c1-11(9-14-5-7-15(23-4)8-6-14)21-22-17-16-12(2)13(3)24-18(16)20-10-19-17/h5-8,10H,9H2,1-4H3,(H,19,20,22)/b21-11-. The van der Waals surface area contributed by atoms with Gasteiger partial charge in [0.25, 0.3) is 0 Å². The van der Waals surface area contributed by atoms with Crippen LogP contribution in [0, 0.1) is 13.8 Å². The summed E-state index contributed by atoms with van der Waals surface area (Å²) in [7, 11) is 1.67. The number of thiophene rings is 1. The van der Waals surface area contributed by atoms with E-state index in [9.17, 15) is 0 Å². The molecule has 5 nitrogen and oxygen atoms in total. The van der Waals surface area contributed by atoms with Crippen molar-refractivity contribution in [1.82, 2.24) is 9.97 Å². The summed E-state index contributed by atoms with van der Waals surface area (Å²) >= 11 is 1.68. The Balaban J connectivity index is 1.77. The Hall–Kier alpha value is -2.47. The third kappa shape index (κ3) is 3.38. The van der Waals surface area contributed by atoms with Crippen molar-refractivity contribution < 1.29 is 4.74 Å². The number of ether oxygens (including phenoxy) is 1. The fourth-order valence-electron chi connectivity index (χ4n) is 2.49. The van der Waals surface area contributed by atoms with Crippen LogP contribution in [0.5, 0.6) is 5.75 Å². The number of rotatable bonds is 5. The van der Waals surface area contributed by atoms with Gasteiger partial charge in [0.1, 0.15) is 16.9 Å². The second-order valence-corrected chi connectivity index (χ2v) is 6.87. The molecule has 0 radical (unpaired) electrons. The molecule has 124 valence electrons. The summed E-state index contributed by atoms with van der Waals surface area (Å²) in [6.07, 6.45) is 2.35. The predicted octanol–water partition coefficient (Wildman–Crippen LogP) is 4.35. The molecule has 0 unspecified atom stereocenters. The summed E-state index contributed by atoms with van der Waals surface area (Å²) in [4.78, 5) is 10.9. The van der Waals surface area contributed by atoms with Crippen molar-refractivity contribution >= 4 is 33.1 Å². The minimum atomic E-state index is 0.760. The molecule has 0 saturated carbocycles. The molecule has 0 fully saturated rings. The minimum Gasteiger partial charge on any atom is -0.497 e.